The second-order valence-electron chi connectivity index (χ2n) is 8.72. The van der Waals surface area contributed by atoms with Gasteiger partial charge in [0.15, 0.2) is 5.78 Å². The zero-order valence-electron chi connectivity index (χ0n) is 19.0. The molecule has 6 nitrogen and oxygen atoms in total. The van der Waals surface area contributed by atoms with Gasteiger partial charge in [0.25, 0.3) is 0 Å². The van der Waals surface area contributed by atoms with Gasteiger partial charge in [-0.25, -0.2) is 4.39 Å². The van der Waals surface area contributed by atoms with Gasteiger partial charge in [0.05, 0.1) is 6.54 Å². The first-order chi connectivity index (χ1) is 15.9. The predicted octanol–water partition coefficient (Wildman–Crippen LogP) is 3.15. The predicted molar refractivity (Wildman–Crippen MR) is 128 cm³/mol. The maximum atomic E-state index is 14.1. The number of hydrogen-bond donors (Lipinski definition) is 0. The van der Waals surface area contributed by atoms with E-state index in [1.54, 1.807) is 19.1 Å². The summed E-state index contributed by atoms with van der Waals surface area (Å²) in [6.45, 7) is 8.52. The minimum Gasteiger partial charge on any atom is -0.369 e. The summed E-state index contributed by atoms with van der Waals surface area (Å²) < 4.78 is 14.1. The number of ketones is 1. The van der Waals surface area contributed by atoms with Crippen LogP contribution >= 0.6 is 11.6 Å². The van der Waals surface area contributed by atoms with Crippen molar-refractivity contribution in [1.82, 2.24) is 14.7 Å². The van der Waals surface area contributed by atoms with Gasteiger partial charge in [-0.3, -0.25) is 19.4 Å². The summed E-state index contributed by atoms with van der Waals surface area (Å²) in [4.78, 5) is 32.8. The number of benzene rings is 2. The van der Waals surface area contributed by atoms with Crippen LogP contribution in [0.1, 0.15) is 22.8 Å². The highest BCUT2D eigenvalue weighted by Crippen LogP contribution is 2.22. The van der Waals surface area contributed by atoms with Crippen molar-refractivity contribution in [1.29, 1.82) is 0 Å². The molecule has 0 unspecified atom stereocenters. The fourth-order valence-corrected chi connectivity index (χ4v) is 4.65. The fraction of sp³-hybridized carbons (Fsp3) is 0.440. The van der Waals surface area contributed by atoms with Crippen molar-refractivity contribution in [2.45, 2.75) is 13.5 Å². The average Bonchev–Trinajstić information content (AvgIpc) is 2.82. The van der Waals surface area contributed by atoms with Gasteiger partial charge in [-0.1, -0.05) is 17.7 Å². The summed E-state index contributed by atoms with van der Waals surface area (Å²) in [5.41, 5.74) is 2.35. The molecule has 4 rings (SSSR count). The fourth-order valence-electron chi connectivity index (χ4n) is 4.42. The van der Waals surface area contributed by atoms with Crippen molar-refractivity contribution in [3.63, 3.8) is 0 Å². The Bertz CT molecular complexity index is 964. The van der Waals surface area contributed by atoms with E-state index in [9.17, 15) is 14.0 Å². The molecule has 2 heterocycles. The Morgan fingerprint density at radius 2 is 1.52 bits per heavy atom. The zero-order chi connectivity index (χ0) is 23.4. The molecular weight excluding hydrogens is 443 g/mol. The van der Waals surface area contributed by atoms with Crippen LogP contribution in [-0.4, -0.2) is 85.3 Å². The smallest absolute Gasteiger partial charge is 0.236 e. The Hall–Kier alpha value is -2.48. The summed E-state index contributed by atoms with van der Waals surface area (Å²) >= 11 is 6.15. The topological polar surface area (TPSA) is 47.1 Å². The molecule has 0 aromatic heterocycles. The Morgan fingerprint density at radius 1 is 0.879 bits per heavy atom. The van der Waals surface area contributed by atoms with Crippen molar-refractivity contribution in [2.24, 2.45) is 0 Å². The molecule has 176 valence electrons. The van der Waals surface area contributed by atoms with Crippen LogP contribution in [-0.2, 0) is 11.3 Å². The van der Waals surface area contributed by atoms with Gasteiger partial charge in [0.2, 0.25) is 5.91 Å². The molecule has 33 heavy (non-hydrogen) atoms. The van der Waals surface area contributed by atoms with Crippen molar-refractivity contribution in [2.75, 3.05) is 63.8 Å². The number of hydrogen-bond acceptors (Lipinski definition) is 5. The highest BCUT2D eigenvalue weighted by molar-refractivity contribution is 6.31. The van der Waals surface area contributed by atoms with E-state index in [-0.39, 0.29) is 17.5 Å². The number of nitrogens with zero attached hydrogens (tertiary/aromatic N) is 4. The number of rotatable bonds is 6. The van der Waals surface area contributed by atoms with Crippen LogP contribution in [0.5, 0.6) is 0 Å². The standard InChI is InChI=1S/C25H30ClFN4O2/c1-19(32)20-5-7-21(8-6-20)30-13-9-29(10-14-30)18-25(33)31-15-11-28(12-16-31)17-22-23(26)3-2-4-24(22)27/h2-8H,9-18H2,1H3. The quantitative estimate of drug-likeness (QED) is 0.604. The van der Waals surface area contributed by atoms with Crippen molar-refractivity contribution >= 4 is 29.0 Å². The molecule has 0 bridgehead atoms. The minimum absolute atomic E-state index is 0.0711. The number of carbonyl (C=O) groups is 2. The van der Waals surface area contributed by atoms with Crippen LogP contribution in [0.2, 0.25) is 5.02 Å². The lowest BCUT2D eigenvalue weighted by atomic mass is 10.1. The molecule has 2 saturated heterocycles. The summed E-state index contributed by atoms with van der Waals surface area (Å²) in [6.07, 6.45) is 0. The number of carbonyl (C=O) groups excluding carboxylic acids is 2. The molecule has 2 aromatic carbocycles. The second kappa shape index (κ2) is 10.6. The zero-order valence-corrected chi connectivity index (χ0v) is 19.7. The second-order valence-corrected chi connectivity index (χ2v) is 9.13. The maximum Gasteiger partial charge on any atom is 0.236 e. The van der Waals surface area contributed by atoms with Crippen LogP contribution in [0.25, 0.3) is 0 Å². The van der Waals surface area contributed by atoms with Crippen molar-refractivity contribution < 1.29 is 14.0 Å². The van der Waals surface area contributed by atoms with Gasteiger partial charge in [0.1, 0.15) is 5.82 Å². The normalized spacial score (nSPS) is 17.9. The third kappa shape index (κ3) is 5.91. The molecule has 0 spiro atoms. The molecule has 1 amide bonds. The van der Waals surface area contributed by atoms with Crippen LogP contribution in [0.3, 0.4) is 0 Å². The number of piperazine rings is 2. The molecule has 0 atom stereocenters. The van der Waals surface area contributed by atoms with E-state index in [0.29, 0.717) is 49.9 Å². The first-order valence-corrected chi connectivity index (χ1v) is 11.8. The molecule has 0 N–H and O–H groups in total. The number of halogens is 2. The Morgan fingerprint density at radius 3 is 2.12 bits per heavy atom. The van der Waals surface area contributed by atoms with Gasteiger partial charge in [-0.05, 0) is 43.3 Å². The van der Waals surface area contributed by atoms with E-state index in [4.69, 9.17) is 11.6 Å². The van der Waals surface area contributed by atoms with E-state index < -0.39 is 0 Å². The molecule has 2 aliphatic heterocycles. The molecule has 2 aliphatic rings. The van der Waals surface area contributed by atoms with Crippen LogP contribution in [0.4, 0.5) is 10.1 Å². The third-order valence-corrected chi connectivity index (χ3v) is 6.89. The van der Waals surface area contributed by atoms with Crippen molar-refractivity contribution in [3.8, 4) is 0 Å². The first-order valence-electron chi connectivity index (χ1n) is 11.4. The number of anilines is 1. The van der Waals surface area contributed by atoms with Crippen LogP contribution < -0.4 is 4.90 Å². The maximum absolute atomic E-state index is 14.1. The lowest BCUT2D eigenvalue weighted by Crippen LogP contribution is -2.53. The number of amides is 1. The Labute approximate surface area is 199 Å². The highest BCUT2D eigenvalue weighted by Gasteiger charge is 2.25. The molecule has 2 fully saturated rings. The van der Waals surface area contributed by atoms with E-state index in [2.05, 4.69) is 14.7 Å². The number of Topliss-reactive ketones (excluding diaryl/α,β-unsaturated/α-hetero) is 1. The van der Waals surface area contributed by atoms with Gasteiger partial charge in [-0.15, -0.1) is 0 Å². The summed E-state index contributed by atoms with van der Waals surface area (Å²) in [5, 5.41) is 0.447. The van der Waals surface area contributed by atoms with Gasteiger partial charge in [0, 0.05) is 80.7 Å². The minimum atomic E-state index is -0.282. The summed E-state index contributed by atoms with van der Waals surface area (Å²) in [5.74, 6) is -0.0606. The monoisotopic (exact) mass is 472 g/mol. The van der Waals surface area contributed by atoms with Gasteiger partial charge in [-0.2, -0.15) is 0 Å². The molecule has 0 aliphatic carbocycles. The summed E-state index contributed by atoms with van der Waals surface area (Å²) in [7, 11) is 0. The van der Waals surface area contributed by atoms with E-state index >= 15 is 0 Å². The van der Waals surface area contributed by atoms with E-state index in [1.807, 2.05) is 29.2 Å². The average molecular weight is 473 g/mol. The van der Waals surface area contributed by atoms with Crippen LogP contribution in [0.15, 0.2) is 42.5 Å². The SMILES string of the molecule is CC(=O)c1ccc(N2CCN(CC(=O)N3CCN(Cc4c(F)cccc4Cl)CC3)CC2)cc1. The van der Waals surface area contributed by atoms with Crippen molar-refractivity contribution in [3.05, 3.63) is 64.4 Å². The van der Waals surface area contributed by atoms with Gasteiger partial charge >= 0.3 is 0 Å². The highest BCUT2D eigenvalue weighted by atomic mass is 35.5. The lowest BCUT2D eigenvalue weighted by molar-refractivity contribution is -0.134. The molecular formula is C25H30ClFN4O2. The summed E-state index contributed by atoms with van der Waals surface area (Å²) in [6, 6.07) is 12.5. The van der Waals surface area contributed by atoms with Crippen LogP contribution in [0, 0.1) is 5.82 Å². The van der Waals surface area contributed by atoms with Gasteiger partial charge < -0.3 is 9.80 Å². The van der Waals surface area contributed by atoms with E-state index in [1.165, 1.54) is 6.07 Å². The Balaban J connectivity index is 1.21. The largest absolute Gasteiger partial charge is 0.369 e. The molecule has 0 saturated carbocycles. The molecule has 8 heteroatoms. The lowest BCUT2D eigenvalue weighted by Gasteiger charge is -2.38. The van der Waals surface area contributed by atoms with E-state index in [0.717, 1.165) is 37.4 Å². The molecule has 2 aromatic rings. The first kappa shape index (κ1) is 23.7. The molecule has 0 radical (unpaired) electrons. The Kier molecular flexibility index (Phi) is 7.63. The third-order valence-electron chi connectivity index (χ3n) is 6.54.